The first-order valence-electron chi connectivity index (χ1n) is 11.3. The quantitative estimate of drug-likeness (QED) is 0.425. The van der Waals surface area contributed by atoms with Gasteiger partial charge in [0.15, 0.2) is 0 Å². The molecule has 34 heavy (non-hydrogen) atoms. The molecule has 0 saturated heterocycles. The van der Waals surface area contributed by atoms with Gasteiger partial charge in [0.1, 0.15) is 24.2 Å². The Bertz CT molecular complexity index is 934. The van der Waals surface area contributed by atoms with Crippen LogP contribution >= 0.6 is 0 Å². The van der Waals surface area contributed by atoms with Crippen molar-refractivity contribution in [2.75, 3.05) is 6.54 Å². The molecule has 0 aromatic heterocycles. The first kappa shape index (κ1) is 28.5. The number of ether oxygens (including phenoxy) is 1. The summed E-state index contributed by atoms with van der Waals surface area (Å²) >= 11 is 0. The van der Waals surface area contributed by atoms with Crippen molar-refractivity contribution < 1.29 is 19.1 Å². The number of carbonyl (C=O) groups is 3. The van der Waals surface area contributed by atoms with Crippen molar-refractivity contribution in [1.82, 2.24) is 15.5 Å². The van der Waals surface area contributed by atoms with Crippen LogP contribution in [-0.4, -0.2) is 47.0 Å². The molecule has 0 aliphatic carbocycles. The lowest BCUT2D eigenvalue weighted by molar-refractivity contribution is -0.142. The second kappa shape index (κ2) is 12.6. The molecule has 8 heteroatoms. The molecular formula is C26H36N4O4. The van der Waals surface area contributed by atoms with Crippen LogP contribution < -0.4 is 10.6 Å². The number of hydrogen-bond acceptors (Lipinski definition) is 5. The summed E-state index contributed by atoms with van der Waals surface area (Å²) in [6.45, 7) is 12.2. The van der Waals surface area contributed by atoms with E-state index < -0.39 is 35.6 Å². The number of nitrogens with one attached hydrogen (secondary N) is 2. The van der Waals surface area contributed by atoms with Crippen LogP contribution in [0.2, 0.25) is 0 Å². The predicted octanol–water partition coefficient (Wildman–Crippen LogP) is 3.53. The summed E-state index contributed by atoms with van der Waals surface area (Å²) in [4.78, 5) is 40.6. The van der Waals surface area contributed by atoms with E-state index in [0.29, 0.717) is 17.5 Å². The smallest absolute Gasteiger partial charge is 0.408 e. The molecule has 8 nitrogen and oxygen atoms in total. The summed E-state index contributed by atoms with van der Waals surface area (Å²) < 4.78 is 5.33. The number of hydrogen-bond donors (Lipinski definition) is 2. The van der Waals surface area contributed by atoms with Crippen LogP contribution in [0.4, 0.5) is 4.79 Å². The van der Waals surface area contributed by atoms with E-state index in [2.05, 4.69) is 16.6 Å². The zero-order valence-corrected chi connectivity index (χ0v) is 21.1. The minimum atomic E-state index is -1.09. The van der Waals surface area contributed by atoms with Gasteiger partial charge in [-0.1, -0.05) is 31.9 Å². The molecule has 2 atom stereocenters. The molecule has 1 rings (SSSR count). The third kappa shape index (κ3) is 9.15. The minimum absolute atomic E-state index is 0.0469. The zero-order chi connectivity index (χ0) is 26.1. The van der Waals surface area contributed by atoms with Crippen LogP contribution in [0.3, 0.4) is 0 Å². The maximum absolute atomic E-state index is 13.7. The standard InChI is InChI=1S/C26H36N4O4/c1-9-19-10-12-20(13-11-19)22(23(31)28-18(4)5)30(15-14-27)24(32)21(16-17(2)3)29-25(33)34-26(6,7)8/h1,10-13,17-18,21-22H,15-16H2,2-8H3,(H,28,31)(H,29,33). The summed E-state index contributed by atoms with van der Waals surface area (Å²) in [7, 11) is 0. The Hall–Kier alpha value is -3.52. The largest absolute Gasteiger partial charge is 0.444 e. The molecule has 3 amide bonds. The lowest BCUT2D eigenvalue weighted by Gasteiger charge is -2.33. The molecule has 2 unspecified atom stereocenters. The van der Waals surface area contributed by atoms with Crippen molar-refractivity contribution >= 4 is 17.9 Å². The lowest BCUT2D eigenvalue weighted by atomic mass is 9.98. The third-order valence-corrected chi connectivity index (χ3v) is 4.60. The molecule has 0 heterocycles. The topological polar surface area (TPSA) is 112 Å². The summed E-state index contributed by atoms with van der Waals surface area (Å²) in [5, 5.41) is 15.0. The maximum Gasteiger partial charge on any atom is 0.408 e. The number of carbonyl (C=O) groups excluding carboxylic acids is 3. The molecule has 1 aromatic rings. The summed E-state index contributed by atoms with van der Waals surface area (Å²) in [6, 6.07) is 6.39. The van der Waals surface area contributed by atoms with Gasteiger partial charge in [0.25, 0.3) is 0 Å². The van der Waals surface area contributed by atoms with Crippen LogP contribution in [0.1, 0.15) is 72.1 Å². The third-order valence-electron chi connectivity index (χ3n) is 4.60. The van der Waals surface area contributed by atoms with Gasteiger partial charge in [-0.05, 0) is 64.7 Å². The highest BCUT2D eigenvalue weighted by molar-refractivity contribution is 5.92. The Labute approximate surface area is 203 Å². The molecule has 0 spiro atoms. The summed E-state index contributed by atoms with van der Waals surface area (Å²) in [6.07, 6.45) is 5.00. The SMILES string of the molecule is C#Cc1ccc(C(C(=O)NC(C)C)N(CC#N)C(=O)C(CC(C)C)NC(=O)OC(C)(C)C)cc1. The van der Waals surface area contributed by atoms with Crippen molar-refractivity contribution in [2.45, 2.75) is 78.6 Å². The summed E-state index contributed by atoms with van der Waals surface area (Å²) in [5.74, 6) is 1.58. The van der Waals surface area contributed by atoms with E-state index in [1.807, 2.05) is 19.9 Å². The van der Waals surface area contributed by atoms with Crippen molar-refractivity contribution in [3.63, 3.8) is 0 Å². The second-order valence-electron chi connectivity index (χ2n) is 9.78. The van der Waals surface area contributed by atoms with Gasteiger partial charge in [-0.2, -0.15) is 5.26 Å². The number of benzene rings is 1. The number of nitrogens with zero attached hydrogens (tertiary/aromatic N) is 2. The Morgan fingerprint density at radius 3 is 2.12 bits per heavy atom. The minimum Gasteiger partial charge on any atom is -0.444 e. The highest BCUT2D eigenvalue weighted by Crippen LogP contribution is 2.24. The van der Waals surface area contributed by atoms with Crippen LogP contribution in [-0.2, 0) is 14.3 Å². The van der Waals surface area contributed by atoms with Gasteiger partial charge in [0.05, 0.1) is 6.07 Å². The van der Waals surface area contributed by atoms with Gasteiger partial charge in [0, 0.05) is 11.6 Å². The number of terminal acetylenes is 1. The van der Waals surface area contributed by atoms with Gasteiger partial charge < -0.3 is 20.3 Å². The van der Waals surface area contributed by atoms with Crippen LogP contribution in [0.15, 0.2) is 24.3 Å². The van der Waals surface area contributed by atoms with Gasteiger partial charge in [0.2, 0.25) is 11.8 Å². The van der Waals surface area contributed by atoms with Gasteiger partial charge >= 0.3 is 6.09 Å². The van der Waals surface area contributed by atoms with Crippen molar-refractivity contribution in [1.29, 1.82) is 5.26 Å². The van der Waals surface area contributed by atoms with E-state index >= 15 is 0 Å². The Morgan fingerprint density at radius 1 is 1.09 bits per heavy atom. The molecule has 0 aliphatic rings. The van der Waals surface area contributed by atoms with E-state index in [1.165, 1.54) is 4.90 Å². The van der Waals surface area contributed by atoms with E-state index in [0.717, 1.165) is 0 Å². The summed E-state index contributed by atoms with van der Waals surface area (Å²) in [5.41, 5.74) is 0.371. The van der Waals surface area contributed by atoms with E-state index in [4.69, 9.17) is 11.2 Å². The molecular weight excluding hydrogens is 432 g/mol. The fourth-order valence-corrected chi connectivity index (χ4v) is 3.31. The van der Waals surface area contributed by atoms with Crippen LogP contribution in [0, 0.1) is 29.6 Å². The molecule has 0 radical (unpaired) electrons. The van der Waals surface area contributed by atoms with Crippen LogP contribution in [0.5, 0.6) is 0 Å². The predicted molar refractivity (Wildman–Crippen MR) is 130 cm³/mol. The van der Waals surface area contributed by atoms with Crippen molar-refractivity contribution in [2.24, 2.45) is 5.92 Å². The molecule has 2 N–H and O–H groups in total. The number of alkyl carbamates (subject to hydrolysis) is 1. The number of nitriles is 1. The molecule has 1 aromatic carbocycles. The van der Waals surface area contributed by atoms with Crippen molar-refractivity contribution in [3.8, 4) is 18.4 Å². The number of rotatable bonds is 9. The molecule has 0 fully saturated rings. The first-order chi connectivity index (χ1) is 15.8. The first-order valence-corrected chi connectivity index (χ1v) is 11.3. The molecule has 184 valence electrons. The highest BCUT2D eigenvalue weighted by Gasteiger charge is 2.36. The lowest BCUT2D eigenvalue weighted by Crippen LogP contribution is -2.54. The average molecular weight is 469 g/mol. The maximum atomic E-state index is 13.7. The van der Waals surface area contributed by atoms with E-state index in [-0.39, 0.29) is 18.5 Å². The highest BCUT2D eigenvalue weighted by atomic mass is 16.6. The van der Waals surface area contributed by atoms with Crippen molar-refractivity contribution in [3.05, 3.63) is 35.4 Å². The Balaban J connectivity index is 3.44. The Kier molecular flexibility index (Phi) is 10.6. The monoisotopic (exact) mass is 468 g/mol. The van der Waals surface area contributed by atoms with Crippen LogP contribution in [0.25, 0.3) is 0 Å². The van der Waals surface area contributed by atoms with E-state index in [1.54, 1.807) is 58.9 Å². The molecule has 0 saturated carbocycles. The fourth-order valence-electron chi connectivity index (χ4n) is 3.31. The molecule has 0 bridgehead atoms. The van der Waals surface area contributed by atoms with Gasteiger partial charge in [-0.3, -0.25) is 9.59 Å². The molecule has 0 aliphatic heterocycles. The van der Waals surface area contributed by atoms with E-state index in [9.17, 15) is 19.6 Å². The Morgan fingerprint density at radius 2 is 1.68 bits per heavy atom. The fraction of sp³-hybridized carbons (Fsp3) is 0.538. The second-order valence-corrected chi connectivity index (χ2v) is 9.78. The number of amides is 3. The van der Waals surface area contributed by atoms with Gasteiger partial charge in [-0.25, -0.2) is 4.79 Å². The zero-order valence-electron chi connectivity index (χ0n) is 21.1. The van der Waals surface area contributed by atoms with Gasteiger partial charge in [-0.15, -0.1) is 6.42 Å². The average Bonchev–Trinajstić information content (AvgIpc) is 2.70. The normalized spacial score (nSPS) is 12.8.